The lowest BCUT2D eigenvalue weighted by molar-refractivity contribution is -0.116. The molecule has 0 unspecified atom stereocenters. The molecule has 0 aliphatic heterocycles. The second-order valence-corrected chi connectivity index (χ2v) is 6.00. The number of amides is 1. The van der Waals surface area contributed by atoms with Crippen LogP contribution in [-0.4, -0.2) is 22.6 Å². The number of anilines is 1. The normalized spacial score (nSPS) is 10.5. The monoisotopic (exact) mass is 367 g/mol. The van der Waals surface area contributed by atoms with Gasteiger partial charge in [-0.25, -0.2) is 9.37 Å². The molecule has 1 heterocycles. The van der Waals surface area contributed by atoms with Crippen LogP contribution in [0.25, 0.3) is 11.3 Å². The van der Waals surface area contributed by atoms with Crippen LogP contribution in [0, 0.1) is 12.7 Å². The van der Waals surface area contributed by atoms with Crippen LogP contribution in [0.1, 0.15) is 5.56 Å². The van der Waals surface area contributed by atoms with E-state index in [-0.39, 0.29) is 23.8 Å². The lowest BCUT2D eigenvalue weighted by Gasteiger charge is -2.12. The van der Waals surface area contributed by atoms with Crippen molar-refractivity contribution in [2.75, 3.05) is 12.4 Å². The number of ether oxygens (including phenoxy) is 1. The van der Waals surface area contributed by atoms with Gasteiger partial charge in [0.1, 0.15) is 18.1 Å². The number of benzene rings is 2. The molecule has 0 atom stereocenters. The van der Waals surface area contributed by atoms with Crippen molar-refractivity contribution in [3.8, 4) is 17.0 Å². The van der Waals surface area contributed by atoms with Gasteiger partial charge in [0.05, 0.1) is 24.8 Å². The number of halogens is 1. The molecule has 1 aromatic heterocycles. The lowest BCUT2D eigenvalue weighted by atomic mass is 10.1. The standard InChI is InChI=1S/C20H18FN3O3/c1-13-3-8-18(27-2)17(9-13)23-19(25)11-24-12-22-16(10-20(24)26)14-4-6-15(21)7-5-14/h3-10,12H,11H2,1-2H3,(H,23,25). The van der Waals surface area contributed by atoms with E-state index in [1.165, 1.54) is 48.3 Å². The molecule has 27 heavy (non-hydrogen) atoms. The molecule has 0 aliphatic carbocycles. The Morgan fingerprint density at radius 2 is 1.93 bits per heavy atom. The number of hydrogen-bond acceptors (Lipinski definition) is 4. The Labute approximate surface area is 155 Å². The van der Waals surface area contributed by atoms with Gasteiger partial charge in [0, 0.05) is 11.6 Å². The van der Waals surface area contributed by atoms with Gasteiger partial charge in [0.15, 0.2) is 0 Å². The Kier molecular flexibility index (Phi) is 5.30. The molecule has 0 spiro atoms. The average Bonchev–Trinajstić information content (AvgIpc) is 2.64. The van der Waals surface area contributed by atoms with Crippen LogP contribution in [-0.2, 0) is 11.3 Å². The minimum Gasteiger partial charge on any atom is -0.495 e. The summed E-state index contributed by atoms with van der Waals surface area (Å²) >= 11 is 0. The molecule has 0 radical (unpaired) electrons. The summed E-state index contributed by atoms with van der Waals surface area (Å²) < 4.78 is 19.4. The number of nitrogens with zero attached hydrogens (tertiary/aromatic N) is 2. The second kappa shape index (κ2) is 7.82. The summed E-state index contributed by atoms with van der Waals surface area (Å²) in [6, 6.07) is 12.4. The summed E-state index contributed by atoms with van der Waals surface area (Å²) in [6.45, 7) is 1.71. The summed E-state index contributed by atoms with van der Waals surface area (Å²) in [5.41, 5.74) is 2.15. The topological polar surface area (TPSA) is 73.2 Å². The summed E-state index contributed by atoms with van der Waals surface area (Å²) in [4.78, 5) is 28.8. The van der Waals surface area contributed by atoms with E-state index < -0.39 is 0 Å². The molecule has 138 valence electrons. The van der Waals surface area contributed by atoms with E-state index in [1.54, 1.807) is 12.1 Å². The third kappa shape index (κ3) is 4.38. The molecule has 1 N–H and O–H groups in total. The Hall–Kier alpha value is -3.48. The average molecular weight is 367 g/mol. The molecule has 1 amide bonds. The summed E-state index contributed by atoms with van der Waals surface area (Å²) in [6.07, 6.45) is 1.30. The zero-order valence-corrected chi connectivity index (χ0v) is 14.9. The molecule has 3 rings (SSSR count). The number of carbonyl (C=O) groups excluding carboxylic acids is 1. The Morgan fingerprint density at radius 1 is 1.19 bits per heavy atom. The zero-order valence-electron chi connectivity index (χ0n) is 14.9. The fourth-order valence-electron chi connectivity index (χ4n) is 2.59. The fourth-order valence-corrected chi connectivity index (χ4v) is 2.59. The summed E-state index contributed by atoms with van der Waals surface area (Å²) in [5, 5.41) is 2.74. The maximum absolute atomic E-state index is 13.0. The van der Waals surface area contributed by atoms with Gasteiger partial charge < -0.3 is 10.1 Å². The van der Waals surface area contributed by atoms with Crippen LogP contribution < -0.4 is 15.6 Å². The third-order valence-corrected chi connectivity index (χ3v) is 3.96. The summed E-state index contributed by atoms with van der Waals surface area (Å²) in [5.74, 6) is -0.209. The van der Waals surface area contributed by atoms with Crippen molar-refractivity contribution in [1.29, 1.82) is 0 Å². The Bertz CT molecular complexity index is 1030. The smallest absolute Gasteiger partial charge is 0.254 e. The number of nitrogens with one attached hydrogen (secondary N) is 1. The van der Waals surface area contributed by atoms with Crippen molar-refractivity contribution in [2.24, 2.45) is 0 Å². The first-order valence-electron chi connectivity index (χ1n) is 8.23. The molecular weight excluding hydrogens is 349 g/mol. The molecule has 2 aromatic carbocycles. The number of aromatic nitrogens is 2. The quantitative estimate of drug-likeness (QED) is 0.752. The number of aryl methyl sites for hydroxylation is 1. The van der Waals surface area contributed by atoms with Gasteiger partial charge in [-0.05, 0) is 48.9 Å². The fraction of sp³-hybridized carbons (Fsp3) is 0.150. The van der Waals surface area contributed by atoms with Crippen LogP contribution in [0.2, 0.25) is 0 Å². The number of carbonyl (C=O) groups is 1. The van der Waals surface area contributed by atoms with Gasteiger partial charge in [0.25, 0.3) is 5.56 Å². The molecule has 0 bridgehead atoms. The van der Waals surface area contributed by atoms with E-state index in [4.69, 9.17) is 4.74 Å². The molecular formula is C20H18FN3O3. The van der Waals surface area contributed by atoms with Crippen molar-refractivity contribution in [2.45, 2.75) is 13.5 Å². The molecule has 7 heteroatoms. The highest BCUT2D eigenvalue weighted by atomic mass is 19.1. The largest absolute Gasteiger partial charge is 0.495 e. The predicted octanol–water partition coefficient (Wildman–Crippen LogP) is 3.01. The van der Waals surface area contributed by atoms with E-state index in [2.05, 4.69) is 10.3 Å². The molecule has 3 aromatic rings. The highest BCUT2D eigenvalue weighted by Gasteiger charge is 2.10. The van der Waals surface area contributed by atoms with E-state index in [0.29, 0.717) is 22.7 Å². The van der Waals surface area contributed by atoms with Crippen LogP contribution in [0.3, 0.4) is 0 Å². The van der Waals surface area contributed by atoms with Crippen LogP contribution in [0.5, 0.6) is 5.75 Å². The van der Waals surface area contributed by atoms with Crippen molar-refractivity contribution < 1.29 is 13.9 Å². The maximum atomic E-state index is 13.0. The molecule has 0 fully saturated rings. The molecule has 0 aliphatic rings. The third-order valence-electron chi connectivity index (χ3n) is 3.96. The minimum atomic E-state index is -0.379. The van der Waals surface area contributed by atoms with Crippen molar-refractivity contribution in [3.05, 3.63) is 76.6 Å². The van der Waals surface area contributed by atoms with E-state index >= 15 is 0 Å². The van der Waals surface area contributed by atoms with Gasteiger partial charge in [-0.1, -0.05) is 6.07 Å². The van der Waals surface area contributed by atoms with E-state index in [0.717, 1.165) is 5.56 Å². The minimum absolute atomic E-state index is 0.188. The Morgan fingerprint density at radius 3 is 2.59 bits per heavy atom. The lowest BCUT2D eigenvalue weighted by Crippen LogP contribution is -2.27. The van der Waals surface area contributed by atoms with Crippen molar-refractivity contribution in [3.63, 3.8) is 0 Å². The highest BCUT2D eigenvalue weighted by molar-refractivity contribution is 5.92. The number of hydrogen-bond donors (Lipinski definition) is 1. The second-order valence-electron chi connectivity index (χ2n) is 6.00. The zero-order chi connectivity index (χ0) is 19.4. The first-order chi connectivity index (χ1) is 13.0. The maximum Gasteiger partial charge on any atom is 0.254 e. The van der Waals surface area contributed by atoms with Gasteiger partial charge >= 0.3 is 0 Å². The van der Waals surface area contributed by atoms with Crippen molar-refractivity contribution >= 4 is 11.6 Å². The highest BCUT2D eigenvalue weighted by Crippen LogP contribution is 2.25. The SMILES string of the molecule is COc1ccc(C)cc1NC(=O)Cn1cnc(-c2ccc(F)cc2)cc1=O. The van der Waals surface area contributed by atoms with Gasteiger partial charge in [0.2, 0.25) is 5.91 Å². The first kappa shape index (κ1) is 18.3. The number of methoxy groups -OCH3 is 1. The first-order valence-corrected chi connectivity index (χ1v) is 8.23. The molecule has 0 saturated carbocycles. The van der Waals surface area contributed by atoms with Crippen LogP contribution in [0.15, 0.2) is 59.7 Å². The van der Waals surface area contributed by atoms with Gasteiger partial charge in [-0.15, -0.1) is 0 Å². The molecule has 6 nitrogen and oxygen atoms in total. The van der Waals surface area contributed by atoms with Gasteiger partial charge in [-0.2, -0.15) is 0 Å². The van der Waals surface area contributed by atoms with Crippen LogP contribution in [0.4, 0.5) is 10.1 Å². The van der Waals surface area contributed by atoms with E-state index in [1.807, 2.05) is 13.0 Å². The van der Waals surface area contributed by atoms with Gasteiger partial charge in [-0.3, -0.25) is 14.2 Å². The molecule has 0 saturated heterocycles. The van der Waals surface area contributed by atoms with E-state index in [9.17, 15) is 14.0 Å². The summed E-state index contributed by atoms with van der Waals surface area (Å²) in [7, 11) is 1.52. The number of rotatable bonds is 5. The Balaban J connectivity index is 1.76. The van der Waals surface area contributed by atoms with Crippen molar-refractivity contribution in [1.82, 2.24) is 9.55 Å². The van der Waals surface area contributed by atoms with Crippen LogP contribution >= 0.6 is 0 Å². The predicted molar refractivity (Wildman–Crippen MR) is 100 cm³/mol.